The van der Waals surface area contributed by atoms with Crippen molar-refractivity contribution in [1.29, 1.82) is 0 Å². The van der Waals surface area contributed by atoms with Crippen molar-refractivity contribution in [2.24, 2.45) is 11.8 Å². The number of amides is 1. The van der Waals surface area contributed by atoms with Crippen LogP contribution in [0.15, 0.2) is 54.7 Å². The smallest absolute Gasteiger partial charge is 0.394 e. The normalized spacial score (nSPS) is 21.5. The summed E-state index contributed by atoms with van der Waals surface area (Å²) in [4.78, 5) is 29.1. The number of carboxylic acid groups (broad SMARTS) is 1. The van der Waals surface area contributed by atoms with Gasteiger partial charge in [-0.25, -0.2) is 4.98 Å². The standard InChI is InChI=1S/C25H21F3N2O5S/c26-25(27,28)18-13-30(12-17(18)23(32)33)22(31)21-11-29-24(36-21)34-16-7-9-20-15(10-16)6-8-19(35-20)14-4-2-1-3-5-14/h1-5,7,9-11,17-19H,6,8,12-13H2,(H,32,33)/t17?,18?,19-/m0/s1. The van der Waals surface area contributed by atoms with Crippen molar-refractivity contribution in [3.8, 4) is 16.7 Å². The van der Waals surface area contributed by atoms with Crippen molar-refractivity contribution in [3.05, 3.63) is 70.7 Å². The van der Waals surface area contributed by atoms with E-state index in [9.17, 15) is 22.8 Å². The second-order valence-electron chi connectivity index (χ2n) is 8.72. The number of carbonyl (C=O) groups is 2. The highest BCUT2D eigenvalue weighted by Crippen LogP contribution is 2.40. The monoisotopic (exact) mass is 518 g/mol. The third kappa shape index (κ3) is 4.88. The van der Waals surface area contributed by atoms with E-state index < -0.39 is 43.0 Å². The van der Waals surface area contributed by atoms with E-state index in [0.29, 0.717) is 5.75 Å². The van der Waals surface area contributed by atoms with Gasteiger partial charge in [0.05, 0.1) is 18.0 Å². The molecule has 3 aromatic rings. The van der Waals surface area contributed by atoms with Gasteiger partial charge in [0.15, 0.2) is 0 Å². The zero-order chi connectivity index (χ0) is 25.4. The van der Waals surface area contributed by atoms with Crippen LogP contribution in [-0.2, 0) is 11.2 Å². The van der Waals surface area contributed by atoms with E-state index in [0.717, 1.165) is 46.0 Å². The first-order valence-corrected chi connectivity index (χ1v) is 12.1. The average Bonchev–Trinajstić information content (AvgIpc) is 3.52. The average molecular weight is 519 g/mol. The molecule has 0 saturated carbocycles. The zero-order valence-corrected chi connectivity index (χ0v) is 19.6. The lowest BCUT2D eigenvalue weighted by molar-refractivity contribution is -0.187. The number of nitrogens with zero attached hydrogens (tertiary/aromatic N) is 2. The number of likely N-dealkylation sites (tertiary alicyclic amines) is 1. The van der Waals surface area contributed by atoms with Crippen LogP contribution < -0.4 is 9.47 Å². The number of fused-ring (bicyclic) bond motifs is 1. The first-order chi connectivity index (χ1) is 17.2. The largest absolute Gasteiger partial charge is 0.485 e. The Labute approximate surface area is 208 Å². The predicted octanol–water partition coefficient (Wildman–Crippen LogP) is 5.34. The van der Waals surface area contributed by atoms with Crippen molar-refractivity contribution >= 4 is 23.2 Å². The van der Waals surface area contributed by atoms with Gasteiger partial charge in [0.1, 0.15) is 22.5 Å². The van der Waals surface area contributed by atoms with E-state index in [1.807, 2.05) is 42.5 Å². The van der Waals surface area contributed by atoms with Crippen molar-refractivity contribution in [1.82, 2.24) is 9.88 Å². The van der Waals surface area contributed by atoms with E-state index in [-0.39, 0.29) is 16.2 Å². The topological polar surface area (TPSA) is 89.0 Å². The Balaban J connectivity index is 1.25. The molecule has 0 spiro atoms. The number of thiazole rings is 1. The summed E-state index contributed by atoms with van der Waals surface area (Å²) in [6, 6.07) is 15.3. The zero-order valence-electron chi connectivity index (χ0n) is 18.8. The fourth-order valence-electron chi connectivity index (χ4n) is 4.54. The summed E-state index contributed by atoms with van der Waals surface area (Å²) in [5, 5.41) is 9.32. The number of carbonyl (C=O) groups excluding carboxylic acids is 1. The van der Waals surface area contributed by atoms with Gasteiger partial charge in [-0.2, -0.15) is 13.2 Å². The number of carboxylic acids is 1. The minimum Gasteiger partial charge on any atom is -0.485 e. The molecule has 2 aliphatic rings. The van der Waals surface area contributed by atoms with Gasteiger partial charge >= 0.3 is 12.1 Å². The lowest BCUT2D eigenvalue weighted by Crippen LogP contribution is -2.34. The lowest BCUT2D eigenvalue weighted by Gasteiger charge is -2.26. The number of ether oxygens (including phenoxy) is 2. The van der Waals surface area contributed by atoms with Crippen LogP contribution in [0.3, 0.4) is 0 Å². The number of aryl methyl sites for hydroxylation is 1. The first kappa shape index (κ1) is 24.1. The number of rotatable bonds is 5. The molecule has 1 fully saturated rings. The van der Waals surface area contributed by atoms with Crippen LogP contribution in [0.5, 0.6) is 16.7 Å². The molecule has 1 N–H and O–H groups in total. The van der Waals surface area contributed by atoms with Crippen molar-refractivity contribution in [2.45, 2.75) is 25.1 Å². The summed E-state index contributed by atoms with van der Waals surface area (Å²) >= 11 is 0.892. The van der Waals surface area contributed by atoms with Crippen LogP contribution >= 0.6 is 11.3 Å². The minimum absolute atomic E-state index is 0.0266. The van der Waals surface area contributed by atoms with Gasteiger partial charge in [-0.05, 0) is 42.2 Å². The van der Waals surface area contributed by atoms with Crippen LogP contribution in [0.25, 0.3) is 0 Å². The summed E-state index contributed by atoms with van der Waals surface area (Å²) in [7, 11) is 0. The van der Waals surface area contributed by atoms with Crippen molar-refractivity contribution in [3.63, 3.8) is 0 Å². The van der Waals surface area contributed by atoms with Gasteiger partial charge in [-0.15, -0.1) is 0 Å². The van der Waals surface area contributed by atoms with E-state index in [2.05, 4.69) is 4.98 Å². The molecule has 1 amide bonds. The maximum Gasteiger partial charge on any atom is 0.394 e. The van der Waals surface area contributed by atoms with E-state index >= 15 is 0 Å². The third-order valence-electron chi connectivity index (χ3n) is 6.39. The van der Waals surface area contributed by atoms with Crippen LogP contribution in [0.2, 0.25) is 0 Å². The molecular formula is C25H21F3N2O5S. The van der Waals surface area contributed by atoms with Crippen LogP contribution in [0.4, 0.5) is 13.2 Å². The second kappa shape index (κ2) is 9.45. The number of hydrogen-bond acceptors (Lipinski definition) is 6. The molecule has 2 unspecified atom stereocenters. The van der Waals surface area contributed by atoms with Crippen LogP contribution in [0, 0.1) is 11.8 Å². The molecule has 2 aromatic carbocycles. The first-order valence-electron chi connectivity index (χ1n) is 11.3. The summed E-state index contributed by atoms with van der Waals surface area (Å²) in [6.07, 6.45) is -1.92. The highest BCUT2D eigenvalue weighted by atomic mass is 32.1. The summed E-state index contributed by atoms with van der Waals surface area (Å²) in [6.45, 7) is -1.22. The Hall–Kier alpha value is -3.60. The molecule has 0 radical (unpaired) electrons. The van der Waals surface area contributed by atoms with E-state index in [4.69, 9.17) is 14.6 Å². The maximum absolute atomic E-state index is 13.2. The molecule has 5 rings (SSSR count). The van der Waals surface area contributed by atoms with Crippen LogP contribution in [0.1, 0.15) is 33.3 Å². The Morgan fingerprint density at radius 2 is 1.92 bits per heavy atom. The van der Waals surface area contributed by atoms with Crippen LogP contribution in [-0.4, -0.2) is 46.1 Å². The van der Waals surface area contributed by atoms with E-state index in [1.54, 1.807) is 6.07 Å². The van der Waals surface area contributed by atoms with Gasteiger partial charge in [0.25, 0.3) is 11.1 Å². The molecule has 0 bridgehead atoms. The molecule has 2 aliphatic heterocycles. The molecule has 36 heavy (non-hydrogen) atoms. The third-order valence-corrected chi connectivity index (χ3v) is 7.26. The Morgan fingerprint density at radius 3 is 2.61 bits per heavy atom. The fraction of sp³-hybridized carbons (Fsp3) is 0.320. The Kier molecular flexibility index (Phi) is 6.33. The number of aromatic nitrogens is 1. The number of benzene rings is 2. The molecule has 7 nitrogen and oxygen atoms in total. The van der Waals surface area contributed by atoms with Gasteiger partial charge in [0.2, 0.25) is 0 Å². The molecule has 11 heteroatoms. The Bertz CT molecular complexity index is 1280. The quantitative estimate of drug-likeness (QED) is 0.491. The maximum atomic E-state index is 13.2. The van der Waals surface area contributed by atoms with Gasteiger partial charge in [-0.3, -0.25) is 9.59 Å². The van der Waals surface area contributed by atoms with Gasteiger partial charge in [0, 0.05) is 13.1 Å². The van der Waals surface area contributed by atoms with Crippen molar-refractivity contribution in [2.75, 3.05) is 13.1 Å². The molecule has 3 heterocycles. The lowest BCUT2D eigenvalue weighted by atomic mass is 9.96. The molecule has 188 valence electrons. The van der Waals surface area contributed by atoms with E-state index in [1.165, 1.54) is 6.20 Å². The van der Waals surface area contributed by atoms with Gasteiger partial charge in [-0.1, -0.05) is 41.7 Å². The minimum atomic E-state index is -4.71. The van der Waals surface area contributed by atoms with Crippen molar-refractivity contribution < 1.29 is 37.3 Å². The fourth-order valence-corrected chi connectivity index (χ4v) is 5.30. The highest BCUT2D eigenvalue weighted by Gasteiger charge is 2.53. The number of halogens is 3. The molecular weight excluding hydrogens is 497 g/mol. The number of aliphatic carboxylic acids is 1. The summed E-state index contributed by atoms with van der Waals surface area (Å²) < 4.78 is 51.7. The summed E-state index contributed by atoms with van der Waals surface area (Å²) in [5.41, 5.74) is 2.08. The molecule has 1 aromatic heterocycles. The van der Waals surface area contributed by atoms with Gasteiger partial charge < -0.3 is 19.5 Å². The SMILES string of the molecule is O=C(O)C1CN(C(=O)c2cnc(Oc3ccc4c(c3)CC[C@@H](c3ccccc3)O4)s2)CC1C(F)(F)F. The second-order valence-corrected chi connectivity index (χ2v) is 9.71. The number of alkyl halides is 3. The predicted molar refractivity (Wildman–Crippen MR) is 123 cm³/mol. The Morgan fingerprint density at radius 1 is 1.14 bits per heavy atom. The summed E-state index contributed by atoms with van der Waals surface area (Å²) in [5.74, 6) is -4.83. The molecule has 3 atom stereocenters. The molecule has 0 aliphatic carbocycles. The highest BCUT2D eigenvalue weighted by molar-refractivity contribution is 7.15. The molecule has 1 saturated heterocycles. The number of hydrogen-bond donors (Lipinski definition) is 1.